The van der Waals surface area contributed by atoms with Crippen LogP contribution in [0, 0.1) is 0 Å². The number of carbonyl (C=O) groups excluding carboxylic acids is 1. The van der Waals surface area contributed by atoms with Crippen molar-refractivity contribution < 1.29 is 4.79 Å². The molecule has 0 aliphatic carbocycles. The maximum Gasteiger partial charge on any atom is 0.261 e. The van der Waals surface area contributed by atoms with E-state index in [1.807, 2.05) is 54.6 Å². The Morgan fingerprint density at radius 1 is 0.893 bits per heavy atom. The molecule has 4 nitrogen and oxygen atoms in total. The van der Waals surface area contributed by atoms with E-state index in [-0.39, 0.29) is 5.56 Å². The van der Waals surface area contributed by atoms with Crippen LogP contribution in [0.5, 0.6) is 0 Å². The molecular formula is C23H17ClN2O2. The second kappa shape index (κ2) is 7.71. The lowest BCUT2D eigenvalue weighted by molar-refractivity contribution is 0.0949. The van der Waals surface area contributed by atoms with Gasteiger partial charge in [0, 0.05) is 17.3 Å². The van der Waals surface area contributed by atoms with Crippen LogP contribution in [0.15, 0.2) is 83.7 Å². The fourth-order valence-corrected chi connectivity index (χ4v) is 3.18. The van der Waals surface area contributed by atoms with Gasteiger partial charge < -0.3 is 10.3 Å². The van der Waals surface area contributed by atoms with E-state index in [2.05, 4.69) is 10.3 Å². The van der Waals surface area contributed by atoms with Crippen molar-refractivity contribution in [1.29, 1.82) is 0 Å². The van der Waals surface area contributed by atoms with Gasteiger partial charge in [-0.2, -0.15) is 0 Å². The number of carbonyl (C=O) groups is 1. The Morgan fingerprint density at radius 2 is 1.64 bits per heavy atom. The zero-order valence-electron chi connectivity index (χ0n) is 14.9. The average molecular weight is 389 g/mol. The number of halogens is 1. The standard InChI is InChI=1S/C23H17ClN2O2/c24-19-9-5-15(6-10-19)14-25-22(27)20-11-12-21(26-23(20)28)18-8-7-16-3-1-2-4-17(16)13-18/h1-13H,14H2,(H,25,27)(H,26,28). The van der Waals surface area contributed by atoms with E-state index in [9.17, 15) is 9.59 Å². The average Bonchev–Trinajstić information content (AvgIpc) is 2.72. The van der Waals surface area contributed by atoms with Crippen LogP contribution < -0.4 is 10.9 Å². The van der Waals surface area contributed by atoms with Gasteiger partial charge in [-0.1, -0.05) is 60.1 Å². The Bertz CT molecular complexity index is 1210. The number of hydrogen-bond acceptors (Lipinski definition) is 2. The summed E-state index contributed by atoms with van der Waals surface area (Å²) in [6.45, 7) is 0.321. The van der Waals surface area contributed by atoms with Gasteiger partial charge >= 0.3 is 0 Å². The van der Waals surface area contributed by atoms with Crippen molar-refractivity contribution in [2.75, 3.05) is 0 Å². The first-order valence-electron chi connectivity index (χ1n) is 8.85. The van der Waals surface area contributed by atoms with Crippen LogP contribution >= 0.6 is 11.6 Å². The van der Waals surface area contributed by atoms with E-state index in [4.69, 9.17) is 11.6 Å². The SMILES string of the molecule is O=C(NCc1ccc(Cl)cc1)c1ccc(-c2ccc3ccccc3c2)[nH]c1=O. The first-order chi connectivity index (χ1) is 13.6. The molecule has 0 atom stereocenters. The maximum absolute atomic E-state index is 12.4. The molecule has 1 heterocycles. The molecule has 0 unspecified atom stereocenters. The van der Waals surface area contributed by atoms with E-state index in [1.54, 1.807) is 24.3 Å². The summed E-state index contributed by atoms with van der Waals surface area (Å²) < 4.78 is 0. The molecule has 0 bridgehead atoms. The van der Waals surface area contributed by atoms with Crippen molar-refractivity contribution in [2.24, 2.45) is 0 Å². The molecule has 0 aliphatic heterocycles. The minimum atomic E-state index is -0.417. The molecule has 5 heteroatoms. The molecule has 4 rings (SSSR count). The van der Waals surface area contributed by atoms with Gasteiger partial charge in [0.2, 0.25) is 0 Å². The van der Waals surface area contributed by atoms with Gasteiger partial charge in [-0.05, 0) is 52.2 Å². The van der Waals surface area contributed by atoms with Crippen molar-refractivity contribution in [3.05, 3.63) is 105 Å². The van der Waals surface area contributed by atoms with Crippen molar-refractivity contribution in [3.8, 4) is 11.3 Å². The third-order valence-electron chi connectivity index (χ3n) is 4.58. The molecule has 0 saturated heterocycles. The number of hydrogen-bond donors (Lipinski definition) is 2. The van der Waals surface area contributed by atoms with E-state index < -0.39 is 11.5 Å². The monoisotopic (exact) mass is 388 g/mol. The van der Waals surface area contributed by atoms with E-state index in [0.717, 1.165) is 21.9 Å². The molecule has 3 aromatic carbocycles. The van der Waals surface area contributed by atoms with Crippen molar-refractivity contribution in [3.63, 3.8) is 0 Å². The summed E-state index contributed by atoms with van der Waals surface area (Å²) in [4.78, 5) is 27.6. The lowest BCUT2D eigenvalue weighted by Crippen LogP contribution is -2.29. The van der Waals surface area contributed by atoms with E-state index >= 15 is 0 Å². The highest BCUT2D eigenvalue weighted by molar-refractivity contribution is 6.30. The summed E-state index contributed by atoms with van der Waals surface area (Å²) in [6.07, 6.45) is 0. The summed E-state index contributed by atoms with van der Waals surface area (Å²) in [6, 6.07) is 24.5. The molecule has 0 radical (unpaired) electrons. The van der Waals surface area contributed by atoms with Crippen molar-refractivity contribution in [2.45, 2.75) is 6.54 Å². The van der Waals surface area contributed by atoms with Crippen LogP contribution in [0.1, 0.15) is 15.9 Å². The van der Waals surface area contributed by atoms with Crippen LogP contribution in [0.25, 0.3) is 22.0 Å². The molecule has 0 saturated carbocycles. The molecule has 0 aliphatic rings. The molecule has 0 fully saturated rings. The van der Waals surface area contributed by atoms with Crippen LogP contribution in [0.2, 0.25) is 5.02 Å². The number of aromatic amines is 1. The molecule has 138 valence electrons. The molecule has 2 N–H and O–H groups in total. The smallest absolute Gasteiger partial charge is 0.261 e. The number of fused-ring (bicyclic) bond motifs is 1. The topological polar surface area (TPSA) is 62.0 Å². The minimum Gasteiger partial charge on any atom is -0.348 e. The molecule has 4 aromatic rings. The fraction of sp³-hybridized carbons (Fsp3) is 0.0435. The predicted octanol–water partition coefficient (Wildman–Crippen LogP) is 4.78. The largest absolute Gasteiger partial charge is 0.348 e. The molecule has 0 spiro atoms. The Morgan fingerprint density at radius 3 is 2.39 bits per heavy atom. The Balaban J connectivity index is 1.54. The first kappa shape index (κ1) is 18.0. The maximum atomic E-state index is 12.4. The van der Waals surface area contributed by atoms with Crippen LogP contribution in [-0.2, 0) is 6.54 Å². The highest BCUT2D eigenvalue weighted by Gasteiger charge is 2.11. The minimum absolute atomic E-state index is 0.0819. The molecule has 28 heavy (non-hydrogen) atoms. The van der Waals surface area contributed by atoms with Gasteiger partial charge in [0.25, 0.3) is 11.5 Å². The predicted molar refractivity (Wildman–Crippen MR) is 113 cm³/mol. The first-order valence-corrected chi connectivity index (χ1v) is 9.23. The number of aromatic nitrogens is 1. The van der Waals surface area contributed by atoms with E-state index in [0.29, 0.717) is 17.3 Å². The number of pyridine rings is 1. The number of H-pyrrole nitrogens is 1. The number of amides is 1. The second-order valence-electron chi connectivity index (χ2n) is 6.49. The zero-order valence-corrected chi connectivity index (χ0v) is 15.7. The van der Waals surface area contributed by atoms with Crippen molar-refractivity contribution in [1.82, 2.24) is 10.3 Å². The molecule has 1 aromatic heterocycles. The Labute approximate surface area is 166 Å². The molecule has 1 amide bonds. The van der Waals surface area contributed by atoms with Gasteiger partial charge in [-0.25, -0.2) is 0 Å². The zero-order chi connectivity index (χ0) is 19.5. The lowest BCUT2D eigenvalue weighted by atomic mass is 10.0. The van der Waals surface area contributed by atoms with Gasteiger partial charge in [0.05, 0.1) is 0 Å². The third-order valence-corrected chi connectivity index (χ3v) is 4.83. The van der Waals surface area contributed by atoms with Crippen LogP contribution in [-0.4, -0.2) is 10.9 Å². The van der Waals surface area contributed by atoms with Crippen LogP contribution in [0.3, 0.4) is 0 Å². The summed E-state index contributed by atoms with van der Waals surface area (Å²) in [5.74, 6) is -0.415. The summed E-state index contributed by atoms with van der Waals surface area (Å²) >= 11 is 5.86. The quantitative estimate of drug-likeness (QED) is 0.528. The summed E-state index contributed by atoms with van der Waals surface area (Å²) in [5.41, 5.74) is 2.13. The summed E-state index contributed by atoms with van der Waals surface area (Å²) in [7, 11) is 0. The lowest BCUT2D eigenvalue weighted by Gasteiger charge is -2.07. The Hall–Kier alpha value is -3.37. The number of benzene rings is 3. The van der Waals surface area contributed by atoms with Gasteiger partial charge in [0.15, 0.2) is 0 Å². The fourth-order valence-electron chi connectivity index (χ4n) is 3.06. The normalized spacial score (nSPS) is 10.8. The third kappa shape index (κ3) is 3.82. The highest BCUT2D eigenvalue weighted by atomic mass is 35.5. The van der Waals surface area contributed by atoms with Gasteiger partial charge in [0.1, 0.15) is 5.56 Å². The van der Waals surface area contributed by atoms with Crippen molar-refractivity contribution >= 4 is 28.3 Å². The number of rotatable bonds is 4. The molecular weight excluding hydrogens is 372 g/mol. The van der Waals surface area contributed by atoms with E-state index in [1.165, 1.54) is 0 Å². The Kier molecular flexibility index (Phi) is 4.96. The highest BCUT2D eigenvalue weighted by Crippen LogP contribution is 2.22. The second-order valence-corrected chi connectivity index (χ2v) is 6.92. The number of nitrogens with one attached hydrogen (secondary N) is 2. The summed E-state index contributed by atoms with van der Waals surface area (Å²) in [5, 5.41) is 5.61. The van der Waals surface area contributed by atoms with Crippen LogP contribution in [0.4, 0.5) is 0 Å². The van der Waals surface area contributed by atoms with Gasteiger partial charge in [-0.15, -0.1) is 0 Å². The van der Waals surface area contributed by atoms with Gasteiger partial charge in [-0.3, -0.25) is 9.59 Å².